The lowest BCUT2D eigenvalue weighted by molar-refractivity contribution is 0.0691. The third-order valence-corrected chi connectivity index (χ3v) is 2.18. The molecule has 0 amide bonds. The molecule has 16 heavy (non-hydrogen) atoms. The molecular formula is C10H5ClFNO3. The monoisotopic (exact) mass is 241 g/mol. The van der Waals surface area contributed by atoms with E-state index in [1.54, 1.807) is 0 Å². The fraction of sp³-hybridized carbons (Fsp3) is 0. The molecule has 0 aliphatic rings. The van der Waals surface area contributed by atoms with Crippen molar-refractivity contribution in [3.8, 4) is 11.3 Å². The molecule has 0 bridgehead atoms. The van der Waals surface area contributed by atoms with Crippen molar-refractivity contribution in [3.05, 3.63) is 41.1 Å². The number of halogens is 2. The van der Waals surface area contributed by atoms with Crippen molar-refractivity contribution in [2.45, 2.75) is 0 Å². The molecule has 0 atom stereocenters. The van der Waals surface area contributed by atoms with Crippen LogP contribution in [0.4, 0.5) is 4.39 Å². The molecule has 0 aliphatic heterocycles. The summed E-state index contributed by atoms with van der Waals surface area (Å²) in [5, 5.41) is 9.08. The van der Waals surface area contributed by atoms with E-state index >= 15 is 0 Å². The van der Waals surface area contributed by atoms with Gasteiger partial charge in [-0.05, 0) is 18.2 Å². The van der Waals surface area contributed by atoms with Gasteiger partial charge in [0, 0.05) is 5.02 Å². The van der Waals surface area contributed by atoms with Gasteiger partial charge in [0.1, 0.15) is 5.82 Å². The maximum Gasteiger partial charge on any atom is 0.358 e. The zero-order valence-electron chi connectivity index (χ0n) is 7.78. The Labute approximate surface area is 94.3 Å². The Kier molecular flexibility index (Phi) is 2.62. The van der Waals surface area contributed by atoms with Crippen LogP contribution in [0.1, 0.15) is 10.5 Å². The molecule has 2 rings (SSSR count). The summed E-state index contributed by atoms with van der Waals surface area (Å²) in [5.41, 5.74) is -0.372. The van der Waals surface area contributed by atoms with E-state index in [4.69, 9.17) is 21.1 Å². The molecule has 0 saturated heterocycles. The third-order valence-electron chi connectivity index (χ3n) is 1.94. The summed E-state index contributed by atoms with van der Waals surface area (Å²) in [6.45, 7) is 0. The molecule has 0 radical (unpaired) electrons. The number of hydrogen-bond donors (Lipinski definition) is 1. The Morgan fingerprint density at radius 1 is 1.50 bits per heavy atom. The lowest BCUT2D eigenvalue weighted by Crippen LogP contribution is -1.99. The first kappa shape index (κ1) is 10.6. The van der Waals surface area contributed by atoms with Gasteiger partial charge in [-0.2, -0.15) is 0 Å². The standard InChI is InChI=1S/C10H5ClFNO3/c11-5-1-2-7(12)6(3-5)9-8(10(14)15)13-4-16-9/h1-4H,(H,14,15). The highest BCUT2D eigenvalue weighted by molar-refractivity contribution is 6.30. The maximum absolute atomic E-state index is 13.4. The molecule has 0 fully saturated rings. The van der Waals surface area contributed by atoms with Crippen LogP contribution < -0.4 is 0 Å². The van der Waals surface area contributed by atoms with Crippen LogP contribution in [0.2, 0.25) is 5.02 Å². The van der Waals surface area contributed by atoms with E-state index in [0.29, 0.717) is 0 Å². The van der Waals surface area contributed by atoms with Gasteiger partial charge < -0.3 is 9.52 Å². The number of rotatable bonds is 2. The first-order valence-corrected chi connectivity index (χ1v) is 4.59. The van der Waals surface area contributed by atoms with Gasteiger partial charge in [0.2, 0.25) is 0 Å². The summed E-state index contributed by atoms with van der Waals surface area (Å²) in [4.78, 5) is 14.3. The fourth-order valence-corrected chi connectivity index (χ4v) is 1.43. The molecule has 1 aromatic carbocycles. The smallest absolute Gasteiger partial charge is 0.358 e. The highest BCUT2D eigenvalue weighted by Gasteiger charge is 2.20. The molecule has 2 aromatic rings. The first-order chi connectivity index (χ1) is 7.59. The highest BCUT2D eigenvalue weighted by atomic mass is 35.5. The van der Waals surface area contributed by atoms with Crippen molar-refractivity contribution < 1.29 is 18.7 Å². The fourth-order valence-electron chi connectivity index (χ4n) is 1.26. The molecule has 0 spiro atoms. The SMILES string of the molecule is O=C(O)c1ncoc1-c1cc(Cl)ccc1F. The summed E-state index contributed by atoms with van der Waals surface area (Å²) in [5.74, 6) is -2.06. The van der Waals surface area contributed by atoms with Crippen LogP contribution in [0.3, 0.4) is 0 Å². The number of carbonyl (C=O) groups is 1. The Balaban J connectivity index is 2.62. The van der Waals surface area contributed by atoms with Gasteiger partial charge >= 0.3 is 5.97 Å². The maximum atomic E-state index is 13.4. The highest BCUT2D eigenvalue weighted by Crippen LogP contribution is 2.28. The average Bonchev–Trinajstić information content (AvgIpc) is 2.70. The zero-order chi connectivity index (χ0) is 11.7. The number of nitrogens with zero attached hydrogens (tertiary/aromatic N) is 1. The van der Waals surface area contributed by atoms with E-state index in [-0.39, 0.29) is 22.0 Å². The molecule has 1 heterocycles. The van der Waals surface area contributed by atoms with Gasteiger partial charge in [-0.15, -0.1) is 0 Å². The predicted octanol–water partition coefficient (Wildman–Crippen LogP) is 2.83. The van der Waals surface area contributed by atoms with Crippen molar-refractivity contribution in [2.75, 3.05) is 0 Å². The van der Waals surface area contributed by atoms with E-state index in [1.165, 1.54) is 12.1 Å². The topological polar surface area (TPSA) is 63.3 Å². The van der Waals surface area contributed by atoms with E-state index < -0.39 is 11.8 Å². The Bertz CT molecular complexity index is 553. The van der Waals surface area contributed by atoms with Crippen LogP contribution >= 0.6 is 11.6 Å². The summed E-state index contributed by atoms with van der Waals surface area (Å²) < 4.78 is 18.3. The van der Waals surface area contributed by atoms with E-state index in [1.807, 2.05) is 0 Å². The Hall–Kier alpha value is -1.88. The molecule has 6 heteroatoms. The summed E-state index contributed by atoms with van der Waals surface area (Å²) in [6.07, 6.45) is 0.944. The molecule has 4 nitrogen and oxygen atoms in total. The summed E-state index contributed by atoms with van der Waals surface area (Å²) in [6, 6.07) is 3.77. The van der Waals surface area contributed by atoms with E-state index in [2.05, 4.69) is 4.98 Å². The molecule has 0 aliphatic carbocycles. The minimum Gasteiger partial charge on any atom is -0.476 e. The number of aromatic carboxylic acids is 1. The second kappa shape index (κ2) is 3.94. The summed E-state index contributed by atoms with van der Waals surface area (Å²) >= 11 is 5.69. The minimum atomic E-state index is -1.29. The second-order valence-electron chi connectivity index (χ2n) is 2.96. The number of benzene rings is 1. The molecule has 1 aromatic heterocycles. The number of carboxylic acid groups (broad SMARTS) is 1. The van der Waals surface area contributed by atoms with E-state index in [9.17, 15) is 9.18 Å². The van der Waals surface area contributed by atoms with Crippen molar-refractivity contribution >= 4 is 17.6 Å². The molecule has 0 saturated carbocycles. The zero-order valence-corrected chi connectivity index (χ0v) is 8.53. The van der Waals surface area contributed by atoms with Gasteiger partial charge in [-0.3, -0.25) is 0 Å². The molecule has 0 unspecified atom stereocenters. The van der Waals surface area contributed by atoms with Crippen molar-refractivity contribution in [3.63, 3.8) is 0 Å². The van der Waals surface area contributed by atoms with Crippen molar-refractivity contribution in [1.29, 1.82) is 0 Å². The lowest BCUT2D eigenvalue weighted by Gasteiger charge is -2.00. The van der Waals surface area contributed by atoms with Crippen LogP contribution in [-0.4, -0.2) is 16.1 Å². The van der Waals surface area contributed by atoms with Crippen molar-refractivity contribution in [1.82, 2.24) is 4.98 Å². The number of aromatic nitrogens is 1. The number of hydrogen-bond acceptors (Lipinski definition) is 3. The van der Waals surface area contributed by atoms with Crippen LogP contribution in [0, 0.1) is 5.82 Å². The van der Waals surface area contributed by atoms with Crippen LogP contribution in [0.15, 0.2) is 29.0 Å². The van der Waals surface area contributed by atoms with Gasteiger partial charge in [-0.1, -0.05) is 11.6 Å². The van der Waals surface area contributed by atoms with Gasteiger partial charge in [-0.25, -0.2) is 14.2 Å². The lowest BCUT2D eigenvalue weighted by atomic mass is 10.1. The Morgan fingerprint density at radius 2 is 2.25 bits per heavy atom. The van der Waals surface area contributed by atoms with Gasteiger partial charge in [0.25, 0.3) is 0 Å². The molecular weight excluding hydrogens is 237 g/mol. The first-order valence-electron chi connectivity index (χ1n) is 4.22. The van der Waals surface area contributed by atoms with Crippen LogP contribution in [0.25, 0.3) is 11.3 Å². The van der Waals surface area contributed by atoms with Gasteiger partial charge in [0.15, 0.2) is 17.8 Å². The largest absolute Gasteiger partial charge is 0.476 e. The van der Waals surface area contributed by atoms with Crippen LogP contribution in [-0.2, 0) is 0 Å². The quantitative estimate of drug-likeness (QED) is 0.878. The number of oxazole rings is 1. The van der Waals surface area contributed by atoms with Crippen molar-refractivity contribution in [2.24, 2.45) is 0 Å². The third kappa shape index (κ3) is 1.77. The summed E-state index contributed by atoms with van der Waals surface area (Å²) in [7, 11) is 0. The number of carboxylic acids is 1. The van der Waals surface area contributed by atoms with E-state index in [0.717, 1.165) is 12.5 Å². The molecule has 82 valence electrons. The normalized spacial score (nSPS) is 10.4. The Morgan fingerprint density at radius 3 is 2.94 bits per heavy atom. The molecule has 1 N–H and O–H groups in total. The predicted molar refractivity (Wildman–Crippen MR) is 53.9 cm³/mol. The average molecular weight is 242 g/mol. The second-order valence-corrected chi connectivity index (χ2v) is 3.40. The minimum absolute atomic E-state index is 0.0256. The van der Waals surface area contributed by atoms with Gasteiger partial charge in [0.05, 0.1) is 5.56 Å². The van der Waals surface area contributed by atoms with Crippen LogP contribution in [0.5, 0.6) is 0 Å².